The van der Waals surface area contributed by atoms with E-state index in [1.165, 1.54) is 0 Å². The summed E-state index contributed by atoms with van der Waals surface area (Å²) in [5.41, 5.74) is 3.51. The van der Waals surface area contributed by atoms with Crippen LogP contribution in [0.25, 0.3) is 22.0 Å². The second-order valence-corrected chi connectivity index (χ2v) is 6.37. The summed E-state index contributed by atoms with van der Waals surface area (Å²) in [6.45, 7) is 0.757. The summed E-state index contributed by atoms with van der Waals surface area (Å²) >= 11 is 0. The van der Waals surface area contributed by atoms with Gasteiger partial charge in [-0.05, 0) is 30.2 Å². The fraction of sp³-hybridized carbons (Fsp3) is 0.250. The first kappa shape index (κ1) is 17.1. The Hall–Kier alpha value is -3.35. The molecule has 1 saturated heterocycles. The number of aliphatic carboxylic acids is 1. The Morgan fingerprint density at radius 1 is 1.15 bits per heavy atom. The number of ether oxygens (including phenoxy) is 2. The highest BCUT2D eigenvalue weighted by molar-refractivity contribution is 5.96. The van der Waals surface area contributed by atoms with Crippen molar-refractivity contribution in [2.24, 2.45) is 0 Å². The highest BCUT2D eigenvalue weighted by Crippen LogP contribution is 2.36. The SMILES string of the molecule is COc1cc2nncc(-c3ccc(N4CCC4C(=O)O)cc3)c2cc1OC. The van der Waals surface area contributed by atoms with Crippen LogP contribution in [0.3, 0.4) is 0 Å². The lowest BCUT2D eigenvalue weighted by Gasteiger charge is -2.40. The number of fused-ring (bicyclic) bond motifs is 1. The molecule has 1 N–H and O–H groups in total. The molecule has 1 aliphatic rings. The number of anilines is 1. The summed E-state index contributed by atoms with van der Waals surface area (Å²) in [7, 11) is 3.18. The lowest BCUT2D eigenvalue weighted by atomic mass is 9.99. The van der Waals surface area contributed by atoms with Crippen LogP contribution in [-0.2, 0) is 4.79 Å². The van der Waals surface area contributed by atoms with Crippen molar-refractivity contribution in [1.82, 2.24) is 10.2 Å². The van der Waals surface area contributed by atoms with E-state index in [-0.39, 0.29) is 0 Å². The molecule has 2 heterocycles. The van der Waals surface area contributed by atoms with Crippen molar-refractivity contribution < 1.29 is 19.4 Å². The molecule has 138 valence electrons. The number of carbonyl (C=O) groups is 1. The van der Waals surface area contributed by atoms with Crippen molar-refractivity contribution in [3.8, 4) is 22.6 Å². The van der Waals surface area contributed by atoms with Crippen LogP contribution >= 0.6 is 0 Å². The molecule has 1 aliphatic heterocycles. The van der Waals surface area contributed by atoms with Crippen molar-refractivity contribution in [2.75, 3.05) is 25.7 Å². The first-order chi connectivity index (χ1) is 13.1. The Balaban J connectivity index is 1.73. The van der Waals surface area contributed by atoms with Gasteiger partial charge in [-0.25, -0.2) is 4.79 Å². The number of rotatable bonds is 5. The molecule has 0 radical (unpaired) electrons. The third-order valence-electron chi connectivity index (χ3n) is 4.96. The zero-order chi connectivity index (χ0) is 19.0. The van der Waals surface area contributed by atoms with E-state index < -0.39 is 12.0 Å². The minimum Gasteiger partial charge on any atom is -0.493 e. The van der Waals surface area contributed by atoms with Crippen LogP contribution in [0.4, 0.5) is 5.69 Å². The molecule has 7 heteroatoms. The van der Waals surface area contributed by atoms with Gasteiger partial charge in [-0.2, -0.15) is 10.2 Å². The summed E-state index contributed by atoms with van der Waals surface area (Å²) in [5.74, 6) is 0.445. The molecule has 3 aromatic rings. The molecule has 1 aromatic heterocycles. The van der Waals surface area contributed by atoms with E-state index in [0.29, 0.717) is 23.4 Å². The van der Waals surface area contributed by atoms with Crippen molar-refractivity contribution in [3.63, 3.8) is 0 Å². The highest BCUT2D eigenvalue weighted by Gasteiger charge is 2.34. The van der Waals surface area contributed by atoms with Gasteiger partial charge in [-0.3, -0.25) is 0 Å². The third-order valence-corrected chi connectivity index (χ3v) is 4.96. The van der Waals surface area contributed by atoms with Gasteiger partial charge >= 0.3 is 5.97 Å². The number of nitrogens with zero attached hydrogens (tertiary/aromatic N) is 3. The van der Waals surface area contributed by atoms with E-state index in [4.69, 9.17) is 9.47 Å². The third kappa shape index (κ3) is 2.91. The summed E-state index contributed by atoms with van der Waals surface area (Å²) in [6.07, 6.45) is 2.39. The molecule has 0 aliphatic carbocycles. The number of carboxylic acid groups (broad SMARTS) is 1. The monoisotopic (exact) mass is 365 g/mol. The zero-order valence-corrected chi connectivity index (χ0v) is 15.0. The molecule has 0 saturated carbocycles. The van der Waals surface area contributed by atoms with Crippen molar-refractivity contribution in [1.29, 1.82) is 0 Å². The van der Waals surface area contributed by atoms with Gasteiger partial charge < -0.3 is 19.5 Å². The Kier molecular flexibility index (Phi) is 4.27. The Morgan fingerprint density at radius 2 is 1.85 bits per heavy atom. The van der Waals surface area contributed by atoms with Crippen molar-refractivity contribution in [2.45, 2.75) is 12.5 Å². The average Bonchev–Trinajstić information content (AvgIpc) is 2.65. The molecule has 0 spiro atoms. The van der Waals surface area contributed by atoms with Crippen molar-refractivity contribution >= 4 is 22.6 Å². The number of methoxy groups -OCH3 is 2. The number of hydrogen-bond acceptors (Lipinski definition) is 6. The molecule has 1 unspecified atom stereocenters. The van der Waals surface area contributed by atoms with Crippen LogP contribution in [-0.4, -0.2) is 48.1 Å². The second-order valence-electron chi connectivity index (χ2n) is 6.37. The van der Waals surface area contributed by atoms with Gasteiger partial charge in [-0.15, -0.1) is 0 Å². The van der Waals surface area contributed by atoms with Gasteiger partial charge in [0, 0.05) is 29.2 Å². The van der Waals surface area contributed by atoms with Gasteiger partial charge in [0.1, 0.15) is 6.04 Å². The molecule has 4 rings (SSSR count). The lowest BCUT2D eigenvalue weighted by Crippen LogP contribution is -2.52. The van der Waals surface area contributed by atoms with Crippen LogP contribution in [0.1, 0.15) is 6.42 Å². The fourth-order valence-electron chi connectivity index (χ4n) is 3.40. The number of aromatic nitrogens is 2. The average molecular weight is 365 g/mol. The molecule has 7 nitrogen and oxygen atoms in total. The minimum atomic E-state index is -0.782. The van der Waals surface area contributed by atoms with Crippen molar-refractivity contribution in [3.05, 3.63) is 42.6 Å². The Morgan fingerprint density at radius 3 is 2.44 bits per heavy atom. The van der Waals surface area contributed by atoms with Crippen LogP contribution in [0.5, 0.6) is 11.5 Å². The molecular formula is C20H19N3O4. The number of carboxylic acids is 1. The minimum absolute atomic E-state index is 0.434. The summed E-state index contributed by atoms with van der Waals surface area (Å²) in [6, 6.07) is 11.1. The molecule has 2 aromatic carbocycles. The van der Waals surface area contributed by atoms with Crippen LogP contribution < -0.4 is 14.4 Å². The fourth-order valence-corrected chi connectivity index (χ4v) is 3.40. The van der Waals surface area contributed by atoms with Gasteiger partial charge in [-0.1, -0.05) is 12.1 Å². The van der Waals surface area contributed by atoms with Crippen LogP contribution in [0.15, 0.2) is 42.6 Å². The van der Waals surface area contributed by atoms with Gasteiger partial charge in [0.05, 0.1) is 25.9 Å². The zero-order valence-electron chi connectivity index (χ0n) is 15.0. The van der Waals surface area contributed by atoms with E-state index >= 15 is 0 Å². The van der Waals surface area contributed by atoms with Crippen LogP contribution in [0, 0.1) is 0 Å². The lowest BCUT2D eigenvalue weighted by molar-refractivity contribution is -0.139. The maximum absolute atomic E-state index is 11.2. The largest absolute Gasteiger partial charge is 0.493 e. The summed E-state index contributed by atoms with van der Waals surface area (Å²) in [5, 5.41) is 18.4. The normalized spacial score (nSPS) is 16.1. The first-order valence-corrected chi connectivity index (χ1v) is 8.59. The van der Waals surface area contributed by atoms with E-state index in [1.807, 2.05) is 35.2 Å². The van der Waals surface area contributed by atoms with Gasteiger partial charge in [0.15, 0.2) is 11.5 Å². The van der Waals surface area contributed by atoms with E-state index in [9.17, 15) is 9.90 Å². The predicted molar refractivity (Wildman–Crippen MR) is 101 cm³/mol. The summed E-state index contributed by atoms with van der Waals surface area (Å²) in [4.78, 5) is 13.1. The van der Waals surface area contributed by atoms with Crippen LogP contribution in [0.2, 0.25) is 0 Å². The molecule has 27 heavy (non-hydrogen) atoms. The van der Waals surface area contributed by atoms with Gasteiger partial charge in [0.2, 0.25) is 0 Å². The first-order valence-electron chi connectivity index (χ1n) is 8.59. The van der Waals surface area contributed by atoms with E-state index in [2.05, 4.69) is 10.2 Å². The molecular weight excluding hydrogens is 346 g/mol. The number of benzene rings is 2. The molecule has 1 fully saturated rings. The molecule has 1 atom stereocenters. The smallest absolute Gasteiger partial charge is 0.326 e. The second kappa shape index (κ2) is 6.75. The highest BCUT2D eigenvalue weighted by atomic mass is 16.5. The molecule has 0 amide bonds. The van der Waals surface area contributed by atoms with E-state index in [1.54, 1.807) is 26.5 Å². The predicted octanol–water partition coefficient (Wildman–Crippen LogP) is 2.98. The maximum Gasteiger partial charge on any atom is 0.326 e. The Labute approximate surface area is 156 Å². The standard InChI is InChI=1S/C20H19N3O4/c1-26-18-9-14-15(11-21-22-16(14)10-19(18)27-2)12-3-5-13(6-4-12)23-8-7-17(23)20(24)25/h3-6,9-11,17H,7-8H2,1-2H3,(H,24,25). The maximum atomic E-state index is 11.2. The number of hydrogen-bond donors (Lipinski definition) is 1. The topological polar surface area (TPSA) is 84.8 Å². The van der Waals surface area contributed by atoms with Gasteiger partial charge in [0.25, 0.3) is 0 Å². The quantitative estimate of drug-likeness (QED) is 0.744. The summed E-state index contributed by atoms with van der Waals surface area (Å²) < 4.78 is 10.7. The Bertz CT molecular complexity index is 1000. The van der Waals surface area contributed by atoms with E-state index in [0.717, 1.165) is 28.7 Å². The molecule has 0 bridgehead atoms.